The Labute approximate surface area is 120 Å². The van der Waals surface area contributed by atoms with E-state index in [0.29, 0.717) is 41.1 Å². The number of nitriles is 1. The number of ether oxygens (including phenoxy) is 3. The molecule has 1 aromatic heterocycles. The van der Waals surface area contributed by atoms with Crippen molar-refractivity contribution in [1.29, 1.82) is 5.26 Å². The fourth-order valence-electron chi connectivity index (χ4n) is 1.49. The molecule has 0 saturated carbocycles. The molecule has 104 valence electrons. The molecule has 0 aliphatic carbocycles. The maximum absolute atomic E-state index is 8.85. The molecule has 0 unspecified atom stereocenters. The first-order valence-corrected chi connectivity index (χ1v) is 6.61. The van der Waals surface area contributed by atoms with E-state index in [9.17, 15) is 0 Å². The number of hydrogen-bond donors (Lipinski definition) is 0. The minimum absolute atomic E-state index is 0.430. The number of rotatable bonds is 6. The molecular weight excluding hydrogens is 278 g/mol. The van der Waals surface area contributed by atoms with Crippen LogP contribution in [-0.2, 0) is 11.2 Å². The standard InChI is InChI=1S/C13H13N3O3S/c1-17-6-5-12-15-13(20-16-12)19-10-4-3-9(8-14)7-11(10)18-2/h3-4,7H,5-6H2,1-2H3. The zero-order chi connectivity index (χ0) is 14.4. The summed E-state index contributed by atoms with van der Waals surface area (Å²) in [5.74, 6) is 1.66. The van der Waals surface area contributed by atoms with E-state index in [0.717, 1.165) is 11.5 Å². The van der Waals surface area contributed by atoms with Gasteiger partial charge < -0.3 is 14.2 Å². The average Bonchev–Trinajstić information content (AvgIpc) is 2.93. The normalized spacial score (nSPS) is 10.1. The van der Waals surface area contributed by atoms with Crippen LogP contribution in [0, 0.1) is 11.3 Å². The van der Waals surface area contributed by atoms with Crippen molar-refractivity contribution in [3.05, 3.63) is 29.6 Å². The van der Waals surface area contributed by atoms with E-state index in [4.69, 9.17) is 19.5 Å². The van der Waals surface area contributed by atoms with Crippen LogP contribution in [0.3, 0.4) is 0 Å². The topological polar surface area (TPSA) is 77.3 Å². The van der Waals surface area contributed by atoms with Crippen molar-refractivity contribution in [3.63, 3.8) is 0 Å². The van der Waals surface area contributed by atoms with Gasteiger partial charge in [0.2, 0.25) is 0 Å². The van der Waals surface area contributed by atoms with E-state index < -0.39 is 0 Å². The summed E-state index contributed by atoms with van der Waals surface area (Å²) in [5.41, 5.74) is 0.507. The molecule has 0 aliphatic rings. The first-order valence-electron chi connectivity index (χ1n) is 5.84. The summed E-state index contributed by atoms with van der Waals surface area (Å²) in [4.78, 5) is 4.25. The van der Waals surface area contributed by atoms with E-state index in [-0.39, 0.29) is 0 Å². The second-order valence-electron chi connectivity index (χ2n) is 3.80. The minimum Gasteiger partial charge on any atom is -0.493 e. The molecule has 6 nitrogen and oxygen atoms in total. The van der Waals surface area contributed by atoms with Crippen molar-refractivity contribution in [3.8, 4) is 22.8 Å². The number of nitrogens with zero attached hydrogens (tertiary/aromatic N) is 3. The maximum Gasteiger partial charge on any atom is 0.298 e. The lowest BCUT2D eigenvalue weighted by Crippen LogP contribution is -1.96. The third-order valence-electron chi connectivity index (χ3n) is 2.47. The van der Waals surface area contributed by atoms with Gasteiger partial charge in [-0.2, -0.15) is 14.6 Å². The Morgan fingerprint density at radius 1 is 1.30 bits per heavy atom. The van der Waals surface area contributed by atoms with Crippen molar-refractivity contribution in [1.82, 2.24) is 9.36 Å². The summed E-state index contributed by atoms with van der Waals surface area (Å²) < 4.78 is 20.0. The second kappa shape index (κ2) is 6.84. The molecule has 0 radical (unpaired) electrons. The lowest BCUT2D eigenvalue weighted by atomic mass is 10.2. The Morgan fingerprint density at radius 2 is 2.15 bits per heavy atom. The Kier molecular flexibility index (Phi) is 4.87. The highest BCUT2D eigenvalue weighted by molar-refractivity contribution is 7.07. The van der Waals surface area contributed by atoms with Gasteiger partial charge in [0.1, 0.15) is 5.82 Å². The third kappa shape index (κ3) is 3.44. The molecule has 0 amide bonds. The Balaban J connectivity index is 2.13. The summed E-state index contributed by atoms with van der Waals surface area (Å²) in [6.07, 6.45) is 0.640. The van der Waals surface area contributed by atoms with Crippen LogP contribution < -0.4 is 9.47 Å². The highest BCUT2D eigenvalue weighted by atomic mass is 32.1. The molecule has 0 fully saturated rings. The fourth-order valence-corrected chi connectivity index (χ4v) is 2.08. The average molecular weight is 291 g/mol. The quantitative estimate of drug-likeness (QED) is 0.813. The van der Waals surface area contributed by atoms with Gasteiger partial charge in [-0.15, -0.1) is 0 Å². The monoisotopic (exact) mass is 291 g/mol. The molecule has 7 heteroatoms. The first-order chi connectivity index (χ1) is 9.76. The largest absolute Gasteiger partial charge is 0.493 e. The molecule has 0 spiro atoms. The zero-order valence-electron chi connectivity index (χ0n) is 11.1. The highest BCUT2D eigenvalue weighted by Crippen LogP contribution is 2.32. The Bertz CT molecular complexity index is 622. The predicted molar refractivity (Wildman–Crippen MR) is 73.3 cm³/mol. The van der Waals surface area contributed by atoms with Gasteiger partial charge in [0.05, 0.1) is 25.3 Å². The highest BCUT2D eigenvalue weighted by Gasteiger charge is 2.11. The third-order valence-corrected chi connectivity index (χ3v) is 3.10. The summed E-state index contributed by atoms with van der Waals surface area (Å²) in [6.45, 7) is 0.566. The number of methoxy groups -OCH3 is 2. The van der Waals surface area contributed by atoms with Gasteiger partial charge in [0, 0.05) is 31.1 Å². The van der Waals surface area contributed by atoms with Crippen LogP contribution in [0.1, 0.15) is 11.4 Å². The number of hydrogen-bond acceptors (Lipinski definition) is 7. The van der Waals surface area contributed by atoms with E-state index in [1.807, 2.05) is 6.07 Å². The van der Waals surface area contributed by atoms with Crippen LogP contribution in [0.4, 0.5) is 0 Å². The lowest BCUT2D eigenvalue weighted by Gasteiger charge is -2.07. The van der Waals surface area contributed by atoms with Crippen LogP contribution in [0.25, 0.3) is 0 Å². The van der Waals surface area contributed by atoms with Crippen LogP contribution in [0.5, 0.6) is 16.7 Å². The molecule has 1 heterocycles. The van der Waals surface area contributed by atoms with Gasteiger partial charge in [-0.3, -0.25) is 0 Å². The van der Waals surface area contributed by atoms with Crippen LogP contribution in [0.2, 0.25) is 0 Å². The van der Waals surface area contributed by atoms with Gasteiger partial charge in [-0.05, 0) is 12.1 Å². The Hall–Kier alpha value is -2.17. The van der Waals surface area contributed by atoms with E-state index in [1.165, 1.54) is 7.11 Å². The van der Waals surface area contributed by atoms with Crippen LogP contribution >= 0.6 is 11.5 Å². The summed E-state index contributed by atoms with van der Waals surface area (Å²) in [6, 6.07) is 6.99. The molecule has 20 heavy (non-hydrogen) atoms. The zero-order valence-corrected chi connectivity index (χ0v) is 11.9. The van der Waals surface area contributed by atoms with Gasteiger partial charge in [-0.25, -0.2) is 0 Å². The van der Waals surface area contributed by atoms with E-state index in [1.54, 1.807) is 25.3 Å². The van der Waals surface area contributed by atoms with E-state index >= 15 is 0 Å². The number of benzene rings is 1. The molecule has 2 rings (SSSR count). The molecule has 0 saturated heterocycles. The molecule has 0 atom stereocenters. The van der Waals surface area contributed by atoms with Gasteiger partial charge in [-0.1, -0.05) is 0 Å². The van der Waals surface area contributed by atoms with Crippen molar-refractivity contribution in [2.75, 3.05) is 20.8 Å². The summed E-state index contributed by atoms with van der Waals surface area (Å²) in [5, 5.41) is 9.28. The van der Waals surface area contributed by atoms with Crippen LogP contribution in [0.15, 0.2) is 18.2 Å². The van der Waals surface area contributed by atoms with Crippen molar-refractivity contribution in [2.45, 2.75) is 6.42 Å². The minimum atomic E-state index is 0.430. The molecule has 1 aromatic carbocycles. The lowest BCUT2D eigenvalue weighted by molar-refractivity contribution is 0.200. The van der Waals surface area contributed by atoms with Crippen molar-refractivity contribution in [2.24, 2.45) is 0 Å². The van der Waals surface area contributed by atoms with Gasteiger partial charge in [0.15, 0.2) is 11.5 Å². The summed E-state index contributed by atoms with van der Waals surface area (Å²) in [7, 11) is 3.15. The molecular formula is C13H13N3O3S. The van der Waals surface area contributed by atoms with Gasteiger partial charge in [0.25, 0.3) is 5.19 Å². The summed E-state index contributed by atoms with van der Waals surface area (Å²) >= 11 is 1.16. The first kappa shape index (κ1) is 14.2. The fraction of sp³-hybridized carbons (Fsp3) is 0.308. The van der Waals surface area contributed by atoms with Crippen molar-refractivity contribution < 1.29 is 14.2 Å². The van der Waals surface area contributed by atoms with Gasteiger partial charge >= 0.3 is 0 Å². The molecule has 0 N–H and O–H groups in total. The maximum atomic E-state index is 8.85. The second-order valence-corrected chi connectivity index (χ2v) is 4.51. The van der Waals surface area contributed by atoms with Crippen LogP contribution in [-0.4, -0.2) is 30.2 Å². The number of aromatic nitrogens is 2. The smallest absolute Gasteiger partial charge is 0.298 e. The molecule has 2 aromatic rings. The SMILES string of the molecule is COCCc1nsc(Oc2ccc(C#N)cc2OC)n1. The van der Waals surface area contributed by atoms with Crippen molar-refractivity contribution >= 4 is 11.5 Å². The van der Waals surface area contributed by atoms with E-state index in [2.05, 4.69) is 9.36 Å². The molecule has 0 aliphatic heterocycles. The predicted octanol–water partition coefficient (Wildman–Crippen LogP) is 2.40. The molecule has 0 bridgehead atoms. The Morgan fingerprint density at radius 3 is 2.85 bits per heavy atom.